The van der Waals surface area contributed by atoms with E-state index in [4.69, 9.17) is 14.6 Å². The number of carbonyl (C=O) groups is 1. The highest BCUT2D eigenvalue weighted by Crippen LogP contribution is 2.13. The van der Waals surface area contributed by atoms with Crippen LogP contribution in [-0.4, -0.2) is 26.4 Å². The predicted molar refractivity (Wildman–Crippen MR) is 97.2 cm³/mol. The number of aromatic nitrogens is 2. The molecule has 2 N–H and O–H groups in total. The number of nitrogens with two attached hydrogens (primary N) is 1. The fourth-order valence-electron chi connectivity index (χ4n) is 2.82. The van der Waals surface area contributed by atoms with Gasteiger partial charge < -0.3 is 14.6 Å². The molecule has 0 aliphatic carbocycles. The molecule has 142 valence electrons. The zero-order chi connectivity index (χ0) is 19.6. The largest absolute Gasteiger partial charge is 0.468 e. The van der Waals surface area contributed by atoms with Crippen molar-refractivity contribution in [1.29, 1.82) is 0 Å². The molecule has 0 saturated heterocycles. The molecule has 0 saturated carbocycles. The van der Waals surface area contributed by atoms with Crippen LogP contribution in [0.5, 0.6) is 0 Å². The Hall–Kier alpha value is -3.33. The second kappa shape index (κ2) is 7.50. The van der Waals surface area contributed by atoms with Crippen LogP contribution < -0.4 is 17.0 Å². The molecule has 0 unspecified atom stereocenters. The summed E-state index contributed by atoms with van der Waals surface area (Å²) in [7, 11) is 2.72. The Balaban J connectivity index is 1.90. The van der Waals surface area contributed by atoms with Crippen molar-refractivity contribution in [2.45, 2.75) is 13.1 Å². The van der Waals surface area contributed by atoms with E-state index in [0.717, 1.165) is 9.13 Å². The number of furan rings is 2. The number of ketones is 1. The van der Waals surface area contributed by atoms with Gasteiger partial charge >= 0.3 is 5.69 Å². The van der Waals surface area contributed by atoms with Crippen LogP contribution in [0.1, 0.15) is 21.9 Å². The summed E-state index contributed by atoms with van der Waals surface area (Å²) >= 11 is 0. The van der Waals surface area contributed by atoms with Crippen molar-refractivity contribution >= 4 is 11.6 Å². The molecule has 0 radical (unpaired) electrons. The molecule has 9 nitrogen and oxygen atoms in total. The van der Waals surface area contributed by atoms with E-state index in [1.54, 1.807) is 41.7 Å². The molecule has 0 spiro atoms. The van der Waals surface area contributed by atoms with Crippen molar-refractivity contribution in [3.05, 3.63) is 74.7 Å². The Morgan fingerprint density at radius 1 is 1.04 bits per heavy atom. The summed E-state index contributed by atoms with van der Waals surface area (Å²) in [5.41, 5.74) is 4.37. The molecule has 3 rings (SSSR count). The lowest BCUT2D eigenvalue weighted by Gasteiger charge is -2.20. The lowest BCUT2D eigenvalue weighted by molar-refractivity contribution is 0.0906. The van der Waals surface area contributed by atoms with Crippen LogP contribution in [-0.2, 0) is 27.2 Å². The summed E-state index contributed by atoms with van der Waals surface area (Å²) in [6.07, 6.45) is 3.09. The minimum Gasteiger partial charge on any atom is -0.468 e. The van der Waals surface area contributed by atoms with E-state index in [2.05, 4.69) is 0 Å². The van der Waals surface area contributed by atoms with Crippen LogP contribution >= 0.6 is 0 Å². The van der Waals surface area contributed by atoms with Gasteiger partial charge in [0.1, 0.15) is 22.9 Å². The van der Waals surface area contributed by atoms with E-state index in [1.165, 1.54) is 14.1 Å². The molecule has 0 bridgehead atoms. The highest BCUT2D eigenvalue weighted by Gasteiger charge is 2.23. The molecule has 3 aromatic rings. The number of hydrogen-bond acceptors (Lipinski definition) is 7. The molecule has 3 aromatic heterocycles. The summed E-state index contributed by atoms with van der Waals surface area (Å²) in [4.78, 5) is 39.0. The molecule has 27 heavy (non-hydrogen) atoms. The average molecular weight is 372 g/mol. The van der Waals surface area contributed by atoms with E-state index in [-0.39, 0.29) is 17.9 Å². The quantitative estimate of drug-likeness (QED) is 0.608. The molecule has 0 aliphatic rings. The first kappa shape index (κ1) is 18.5. The molecule has 0 aliphatic heterocycles. The van der Waals surface area contributed by atoms with Crippen molar-refractivity contribution in [3.8, 4) is 0 Å². The van der Waals surface area contributed by atoms with Crippen LogP contribution in [0.2, 0.25) is 0 Å². The maximum absolute atomic E-state index is 12.9. The van der Waals surface area contributed by atoms with Gasteiger partial charge in [0.15, 0.2) is 5.78 Å². The van der Waals surface area contributed by atoms with Crippen molar-refractivity contribution in [3.63, 3.8) is 0 Å². The molecule has 0 fully saturated rings. The Labute approximate surface area is 154 Å². The van der Waals surface area contributed by atoms with Gasteiger partial charge in [-0.05, 0) is 24.3 Å². The van der Waals surface area contributed by atoms with Gasteiger partial charge in [-0.25, -0.2) is 4.79 Å². The number of nitrogen functional groups attached to an aromatic ring is 1. The fraction of sp³-hybridized carbons (Fsp3) is 0.278. The van der Waals surface area contributed by atoms with Gasteiger partial charge in [-0.15, -0.1) is 0 Å². The van der Waals surface area contributed by atoms with E-state index >= 15 is 0 Å². The van der Waals surface area contributed by atoms with E-state index in [0.29, 0.717) is 24.6 Å². The Morgan fingerprint density at radius 3 is 2.07 bits per heavy atom. The maximum atomic E-state index is 12.9. The Bertz CT molecular complexity index is 1010. The first-order valence-electron chi connectivity index (χ1n) is 8.24. The summed E-state index contributed by atoms with van der Waals surface area (Å²) in [6, 6.07) is 7.09. The summed E-state index contributed by atoms with van der Waals surface area (Å²) in [5, 5.41) is 0. The standard InChI is InChI=1S/C18H20N4O5/c1-20-16(19)15(17(24)21(2)18(20)25)14(23)11-22(9-12-5-3-7-26-12)10-13-6-4-8-27-13/h3-8H,9-11,19H2,1-2H3. The van der Waals surface area contributed by atoms with Gasteiger partial charge in [0, 0.05) is 14.1 Å². The van der Waals surface area contributed by atoms with Gasteiger partial charge in [-0.2, -0.15) is 0 Å². The summed E-state index contributed by atoms with van der Waals surface area (Å²) < 4.78 is 12.7. The molecular formula is C18H20N4O5. The molecule has 3 heterocycles. The first-order chi connectivity index (χ1) is 12.9. The van der Waals surface area contributed by atoms with Crippen molar-refractivity contribution in [2.75, 3.05) is 12.3 Å². The van der Waals surface area contributed by atoms with Gasteiger partial charge in [-0.3, -0.25) is 23.6 Å². The summed E-state index contributed by atoms with van der Waals surface area (Å²) in [5.74, 6) is 0.692. The minimum absolute atomic E-state index is 0.0982. The van der Waals surface area contributed by atoms with E-state index < -0.39 is 17.0 Å². The Kier molecular flexibility index (Phi) is 5.13. The van der Waals surface area contributed by atoms with Crippen LogP contribution in [0.4, 0.5) is 5.82 Å². The van der Waals surface area contributed by atoms with Gasteiger partial charge in [0.25, 0.3) is 5.56 Å². The average Bonchev–Trinajstić information content (AvgIpc) is 3.32. The fourth-order valence-corrected chi connectivity index (χ4v) is 2.82. The number of nitrogens with zero attached hydrogens (tertiary/aromatic N) is 3. The van der Waals surface area contributed by atoms with Crippen molar-refractivity contribution < 1.29 is 13.6 Å². The van der Waals surface area contributed by atoms with Crippen LogP contribution in [0, 0.1) is 0 Å². The van der Waals surface area contributed by atoms with Gasteiger partial charge in [0.05, 0.1) is 32.2 Å². The highest BCUT2D eigenvalue weighted by atomic mass is 16.3. The molecule has 0 amide bonds. The minimum atomic E-state index is -0.712. The molecular weight excluding hydrogens is 352 g/mol. The van der Waals surface area contributed by atoms with Crippen molar-refractivity contribution in [1.82, 2.24) is 14.0 Å². The number of hydrogen-bond donors (Lipinski definition) is 1. The zero-order valence-corrected chi connectivity index (χ0v) is 15.0. The summed E-state index contributed by atoms with van der Waals surface area (Å²) in [6.45, 7) is 0.579. The van der Waals surface area contributed by atoms with Gasteiger partial charge in [0.2, 0.25) is 0 Å². The third kappa shape index (κ3) is 3.77. The topological polar surface area (TPSA) is 117 Å². The predicted octanol–water partition coefficient (Wildman–Crippen LogP) is 0.737. The molecule has 9 heteroatoms. The van der Waals surface area contributed by atoms with E-state index in [9.17, 15) is 14.4 Å². The second-order valence-corrected chi connectivity index (χ2v) is 6.19. The lowest BCUT2D eigenvalue weighted by Crippen LogP contribution is -2.43. The van der Waals surface area contributed by atoms with Crippen LogP contribution in [0.25, 0.3) is 0 Å². The third-order valence-corrected chi connectivity index (χ3v) is 4.27. The number of Topliss-reactive ketones (excluding diaryl/α,β-unsaturated/α-hetero) is 1. The normalized spacial score (nSPS) is 11.2. The monoisotopic (exact) mass is 372 g/mol. The van der Waals surface area contributed by atoms with Gasteiger partial charge in [-0.1, -0.05) is 0 Å². The van der Waals surface area contributed by atoms with Crippen LogP contribution in [0.3, 0.4) is 0 Å². The lowest BCUT2D eigenvalue weighted by atomic mass is 10.1. The smallest absolute Gasteiger partial charge is 0.332 e. The number of anilines is 1. The molecule has 0 atom stereocenters. The third-order valence-electron chi connectivity index (χ3n) is 4.27. The molecule has 0 aromatic carbocycles. The van der Waals surface area contributed by atoms with Crippen molar-refractivity contribution in [2.24, 2.45) is 14.1 Å². The Morgan fingerprint density at radius 2 is 1.59 bits per heavy atom. The number of carbonyl (C=O) groups excluding carboxylic acids is 1. The van der Waals surface area contributed by atoms with Crippen LogP contribution in [0.15, 0.2) is 55.2 Å². The highest BCUT2D eigenvalue weighted by molar-refractivity contribution is 6.01. The maximum Gasteiger partial charge on any atom is 0.332 e. The SMILES string of the molecule is Cn1c(N)c(C(=O)CN(Cc2ccco2)Cc2ccco2)c(=O)n(C)c1=O. The number of rotatable bonds is 7. The second-order valence-electron chi connectivity index (χ2n) is 6.19. The first-order valence-corrected chi connectivity index (χ1v) is 8.24. The zero-order valence-electron chi connectivity index (χ0n) is 15.0. The van der Waals surface area contributed by atoms with E-state index in [1.807, 2.05) is 0 Å².